The molecule has 0 bridgehead atoms. The number of carbonyl (C=O) groups excluding carboxylic acids is 1. The Hall–Kier alpha value is -2.18. The molecule has 0 saturated carbocycles. The van der Waals surface area contributed by atoms with Crippen molar-refractivity contribution < 1.29 is 13.6 Å². The van der Waals surface area contributed by atoms with Crippen LogP contribution in [0.2, 0.25) is 0 Å². The molecule has 7 heteroatoms. The molecule has 1 amide bonds. The van der Waals surface area contributed by atoms with Crippen molar-refractivity contribution in [3.8, 4) is 0 Å². The lowest BCUT2D eigenvalue weighted by Gasteiger charge is -2.06. The number of nitrogens with two attached hydrogens (primary N) is 1. The maximum absolute atomic E-state index is 13.4. The van der Waals surface area contributed by atoms with Crippen LogP contribution in [-0.4, -0.2) is 22.0 Å². The number of imidazole rings is 1. The Morgan fingerprint density at radius 1 is 1.50 bits per heavy atom. The first-order chi connectivity index (χ1) is 8.49. The summed E-state index contributed by atoms with van der Waals surface area (Å²) in [6, 6.07) is 1.92. The zero-order valence-electron chi connectivity index (χ0n) is 9.70. The molecule has 0 unspecified atom stereocenters. The summed E-state index contributed by atoms with van der Waals surface area (Å²) < 4.78 is 28.1. The molecule has 3 N–H and O–H groups in total. The molecule has 0 aliphatic carbocycles. The van der Waals surface area contributed by atoms with E-state index in [1.54, 1.807) is 0 Å². The zero-order chi connectivity index (χ0) is 13.3. The van der Waals surface area contributed by atoms with Crippen LogP contribution >= 0.6 is 0 Å². The lowest BCUT2D eigenvalue weighted by atomic mass is 10.3. The molecule has 1 heterocycles. The van der Waals surface area contributed by atoms with E-state index in [1.807, 2.05) is 0 Å². The minimum absolute atomic E-state index is 0.0247. The quantitative estimate of drug-likeness (QED) is 0.859. The normalized spacial score (nSPS) is 10.8. The third-order valence-electron chi connectivity index (χ3n) is 2.51. The highest BCUT2D eigenvalue weighted by molar-refractivity contribution is 5.79. The highest BCUT2D eigenvalue weighted by Crippen LogP contribution is 2.21. The number of carbonyl (C=O) groups is 1. The van der Waals surface area contributed by atoms with Crippen molar-refractivity contribution in [3.05, 3.63) is 23.8 Å². The van der Waals surface area contributed by atoms with Gasteiger partial charge in [-0.1, -0.05) is 0 Å². The Bertz CT molecular complexity index is 609. The lowest BCUT2D eigenvalue weighted by Crippen LogP contribution is -2.24. The monoisotopic (exact) mass is 254 g/mol. The third-order valence-corrected chi connectivity index (χ3v) is 2.51. The van der Waals surface area contributed by atoms with E-state index < -0.39 is 11.6 Å². The smallest absolute Gasteiger partial charge is 0.216 e. The molecular formula is C11H12F2N4O. The number of amides is 1. The van der Waals surface area contributed by atoms with Gasteiger partial charge in [-0.25, -0.2) is 13.8 Å². The van der Waals surface area contributed by atoms with Gasteiger partial charge in [-0.3, -0.25) is 4.79 Å². The molecule has 1 aromatic carbocycles. The van der Waals surface area contributed by atoms with E-state index in [1.165, 1.54) is 11.5 Å². The van der Waals surface area contributed by atoms with Crippen molar-refractivity contribution in [2.75, 3.05) is 12.3 Å². The van der Waals surface area contributed by atoms with E-state index in [9.17, 15) is 13.6 Å². The first kappa shape index (κ1) is 12.3. The molecule has 2 rings (SSSR count). The Morgan fingerprint density at radius 3 is 2.89 bits per heavy atom. The minimum Gasteiger partial charge on any atom is -0.369 e. The number of rotatable bonds is 3. The van der Waals surface area contributed by atoms with Gasteiger partial charge in [0.05, 0.1) is 5.52 Å². The van der Waals surface area contributed by atoms with E-state index in [2.05, 4.69) is 10.3 Å². The number of fused-ring (bicyclic) bond motifs is 1. The number of hydrogen-bond acceptors (Lipinski definition) is 3. The maximum Gasteiger partial charge on any atom is 0.216 e. The molecule has 1 aromatic heterocycles. The highest BCUT2D eigenvalue weighted by atomic mass is 19.1. The average molecular weight is 254 g/mol. The van der Waals surface area contributed by atoms with Crippen molar-refractivity contribution in [3.63, 3.8) is 0 Å². The summed E-state index contributed by atoms with van der Waals surface area (Å²) in [6.07, 6.45) is 0. The fraction of sp³-hybridized carbons (Fsp3) is 0.273. The van der Waals surface area contributed by atoms with Gasteiger partial charge in [-0.2, -0.15) is 0 Å². The van der Waals surface area contributed by atoms with Crippen LogP contribution in [0.15, 0.2) is 12.1 Å². The van der Waals surface area contributed by atoms with Crippen molar-refractivity contribution in [2.24, 2.45) is 0 Å². The number of nitrogens with zero attached hydrogens (tertiary/aromatic N) is 2. The summed E-state index contributed by atoms with van der Waals surface area (Å²) in [5.74, 6) is -1.55. The minimum atomic E-state index is -0.755. The first-order valence-corrected chi connectivity index (χ1v) is 5.34. The van der Waals surface area contributed by atoms with E-state index >= 15 is 0 Å². The lowest BCUT2D eigenvalue weighted by molar-refractivity contribution is -0.118. The Morgan fingerprint density at radius 2 is 2.22 bits per heavy atom. The van der Waals surface area contributed by atoms with Crippen LogP contribution in [0.4, 0.5) is 14.7 Å². The van der Waals surface area contributed by atoms with Gasteiger partial charge in [0.15, 0.2) is 5.82 Å². The van der Waals surface area contributed by atoms with Crippen molar-refractivity contribution in [1.82, 2.24) is 14.9 Å². The van der Waals surface area contributed by atoms with Gasteiger partial charge < -0.3 is 15.6 Å². The van der Waals surface area contributed by atoms with Crippen LogP contribution in [0.25, 0.3) is 11.0 Å². The molecule has 5 nitrogen and oxygen atoms in total. The van der Waals surface area contributed by atoms with Crippen LogP contribution in [0.1, 0.15) is 6.92 Å². The number of aromatic nitrogens is 2. The third kappa shape index (κ3) is 2.24. The van der Waals surface area contributed by atoms with Gasteiger partial charge in [-0.05, 0) is 0 Å². The van der Waals surface area contributed by atoms with Gasteiger partial charge in [0.1, 0.15) is 11.3 Å². The summed E-state index contributed by atoms with van der Waals surface area (Å²) in [4.78, 5) is 14.6. The van der Waals surface area contributed by atoms with Crippen molar-refractivity contribution in [2.45, 2.75) is 13.5 Å². The van der Waals surface area contributed by atoms with Gasteiger partial charge in [0.25, 0.3) is 0 Å². The predicted molar refractivity (Wildman–Crippen MR) is 62.7 cm³/mol. The molecule has 0 saturated heterocycles. The number of hydrogen-bond donors (Lipinski definition) is 2. The first-order valence-electron chi connectivity index (χ1n) is 5.34. The van der Waals surface area contributed by atoms with Gasteiger partial charge in [0, 0.05) is 32.1 Å². The summed E-state index contributed by atoms with van der Waals surface area (Å²) in [6.45, 7) is 1.99. The van der Waals surface area contributed by atoms with Gasteiger partial charge in [-0.15, -0.1) is 0 Å². The van der Waals surface area contributed by atoms with Crippen LogP contribution in [-0.2, 0) is 11.3 Å². The molecule has 0 radical (unpaired) electrons. The largest absolute Gasteiger partial charge is 0.369 e. The molecule has 0 fully saturated rings. The van der Waals surface area contributed by atoms with Crippen molar-refractivity contribution in [1.29, 1.82) is 0 Å². The number of halogens is 2. The fourth-order valence-corrected chi connectivity index (χ4v) is 1.75. The predicted octanol–water partition coefficient (Wildman–Crippen LogP) is 1.03. The second-order valence-corrected chi connectivity index (χ2v) is 3.86. The maximum atomic E-state index is 13.4. The second-order valence-electron chi connectivity index (χ2n) is 3.86. The number of benzene rings is 1. The standard InChI is InChI=1S/C11H12F2N4O/c1-6(18)15-2-3-17-9-5-7(12)4-8(13)10(9)16-11(17)14/h4-5H,2-3H2,1H3,(H2,14,16)(H,15,18). The molecule has 18 heavy (non-hydrogen) atoms. The molecule has 0 spiro atoms. The zero-order valence-corrected chi connectivity index (χ0v) is 9.70. The average Bonchev–Trinajstić information content (AvgIpc) is 2.56. The fourth-order valence-electron chi connectivity index (χ4n) is 1.75. The van der Waals surface area contributed by atoms with E-state index in [-0.39, 0.29) is 22.9 Å². The molecule has 0 aliphatic heterocycles. The Kier molecular flexibility index (Phi) is 3.14. The van der Waals surface area contributed by atoms with Gasteiger partial charge in [0.2, 0.25) is 11.9 Å². The van der Waals surface area contributed by atoms with Crippen LogP contribution in [0.3, 0.4) is 0 Å². The molecule has 0 atom stereocenters. The topological polar surface area (TPSA) is 72.9 Å². The Balaban J connectivity index is 2.37. The van der Waals surface area contributed by atoms with E-state index in [0.29, 0.717) is 13.1 Å². The van der Waals surface area contributed by atoms with E-state index in [4.69, 9.17) is 5.73 Å². The number of nitrogen functional groups attached to an aromatic ring is 1. The number of nitrogens with one attached hydrogen (secondary N) is 1. The SMILES string of the molecule is CC(=O)NCCn1c(N)nc2c(F)cc(F)cc21. The molecular weight excluding hydrogens is 242 g/mol. The summed E-state index contributed by atoms with van der Waals surface area (Å²) >= 11 is 0. The molecule has 96 valence electrons. The van der Waals surface area contributed by atoms with Crippen LogP contribution < -0.4 is 11.1 Å². The summed E-state index contributed by atoms with van der Waals surface area (Å²) in [5.41, 5.74) is 5.94. The Labute approximate surface area is 102 Å². The highest BCUT2D eigenvalue weighted by Gasteiger charge is 2.13. The second kappa shape index (κ2) is 4.59. The summed E-state index contributed by atoms with van der Waals surface area (Å²) in [7, 11) is 0. The van der Waals surface area contributed by atoms with Crippen LogP contribution in [0, 0.1) is 11.6 Å². The van der Waals surface area contributed by atoms with Crippen LogP contribution in [0.5, 0.6) is 0 Å². The molecule has 2 aromatic rings. The van der Waals surface area contributed by atoms with Crippen molar-refractivity contribution >= 4 is 22.9 Å². The molecule has 0 aliphatic rings. The van der Waals surface area contributed by atoms with E-state index in [0.717, 1.165) is 12.1 Å². The number of anilines is 1. The summed E-state index contributed by atoms with van der Waals surface area (Å²) in [5, 5.41) is 2.57. The van der Waals surface area contributed by atoms with Gasteiger partial charge >= 0.3 is 0 Å².